The molecule has 0 aliphatic carbocycles. The van der Waals surface area contributed by atoms with Gasteiger partial charge in [0.05, 0.1) is 33.6 Å². The third kappa shape index (κ3) is 18.4. The number of primary amides is 1. The smallest absolute Gasteiger partial charge is 0.243 e. The molecule has 0 aromatic rings. The highest BCUT2D eigenvalue weighted by Gasteiger charge is 2.02. The van der Waals surface area contributed by atoms with Gasteiger partial charge in [0.25, 0.3) is 0 Å². The Morgan fingerprint density at radius 1 is 1.46 bits per heavy atom. The molecular formula is C9H20ClN2O+. The van der Waals surface area contributed by atoms with Gasteiger partial charge in [-0.25, -0.2) is 0 Å². The fourth-order valence-electron chi connectivity index (χ4n) is 0.254. The van der Waals surface area contributed by atoms with E-state index < -0.39 is 5.91 Å². The van der Waals surface area contributed by atoms with Gasteiger partial charge in [0.1, 0.15) is 0 Å². The number of quaternary nitrogens is 1. The van der Waals surface area contributed by atoms with Gasteiger partial charge in [0.2, 0.25) is 5.91 Å². The number of amides is 1. The van der Waals surface area contributed by atoms with E-state index in [0.717, 1.165) is 16.9 Å². The zero-order valence-electron chi connectivity index (χ0n) is 8.93. The maximum absolute atomic E-state index is 9.82. The summed E-state index contributed by atoms with van der Waals surface area (Å²) in [5.41, 5.74) is 5.09. The number of nitrogens with two attached hydrogens (primary N) is 1. The third-order valence-corrected chi connectivity index (χ3v) is 1.34. The topological polar surface area (TPSA) is 43.1 Å². The zero-order chi connectivity index (χ0) is 11.1. The average molecular weight is 208 g/mol. The molecule has 0 atom stereocenters. The summed E-state index contributed by atoms with van der Waals surface area (Å²) >= 11 is 5.47. The lowest BCUT2D eigenvalue weighted by molar-refractivity contribution is -0.867. The van der Waals surface area contributed by atoms with E-state index in [2.05, 4.69) is 27.7 Å². The Morgan fingerprint density at radius 3 is 1.77 bits per heavy atom. The molecule has 13 heavy (non-hydrogen) atoms. The van der Waals surface area contributed by atoms with Gasteiger partial charge in [-0.15, -0.1) is 11.6 Å². The number of hydrogen-bond acceptors (Lipinski definition) is 1. The number of alkyl halides is 1. The molecule has 1 amide bonds. The highest BCUT2D eigenvalue weighted by Crippen LogP contribution is 1.88. The minimum Gasteiger partial charge on any atom is -0.366 e. The highest BCUT2D eigenvalue weighted by atomic mass is 35.5. The lowest BCUT2D eigenvalue weighted by atomic mass is 10.3. The number of nitrogens with zero attached hydrogens (tertiary/aromatic N) is 1. The zero-order valence-corrected chi connectivity index (χ0v) is 9.69. The molecule has 0 bridgehead atoms. The van der Waals surface area contributed by atoms with Gasteiger partial charge < -0.3 is 10.2 Å². The number of halogens is 1. The quantitative estimate of drug-likeness (QED) is 0.419. The standard InChI is InChI=1S/C5H13ClN.C4H7NO/c1-7(2,3)5-4-6;1-3(2)4(5)6/h4-5H2,1-3H3;1H2,2H3,(H2,5,6)/q+1;. The second-order valence-corrected chi connectivity index (χ2v) is 4.23. The summed E-state index contributed by atoms with van der Waals surface area (Å²) < 4.78 is 0.962. The number of carbonyl (C=O) groups excluding carboxylic acids is 1. The van der Waals surface area contributed by atoms with Gasteiger partial charge in [-0.1, -0.05) is 6.58 Å². The van der Waals surface area contributed by atoms with E-state index in [4.69, 9.17) is 17.3 Å². The molecule has 2 N–H and O–H groups in total. The molecule has 78 valence electrons. The molecule has 0 saturated carbocycles. The highest BCUT2D eigenvalue weighted by molar-refractivity contribution is 6.17. The van der Waals surface area contributed by atoms with Crippen molar-refractivity contribution in [3.05, 3.63) is 12.2 Å². The molecule has 0 fully saturated rings. The summed E-state index contributed by atoms with van der Waals surface area (Å²) in [7, 11) is 6.38. The molecule has 0 spiro atoms. The van der Waals surface area contributed by atoms with E-state index in [1.54, 1.807) is 6.92 Å². The van der Waals surface area contributed by atoms with Gasteiger partial charge in [0.15, 0.2) is 0 Å². The Hall–Kier alpha value is -0.540. The van der Waals surface area contributed by atoms with Crippen LogP contribution in [0, 0.1) is 0 Å². The van der Waals surface area contributed by atoms with Crippen LogP contribution >= 0.6 is 11.6 Å². The van der Waals surface area contributed by atoms with Crippen LogP contribution in [0.3, 0.4) is 0 Å². The monoisotopic (exact) mass is 207 g/mol. The second kappa shape index (κ2) is 6.92. The Bertz CT molecular complexity index is 161. The molecule has 0 unspecified atom stereocenters. The molecule has 0 heterocycles. The largest absolute Gasteiger partial charge is 0.366 e. The molecule has 0 aliphatic rings. The molecule has 3 nitrogen and oxygen atoms in total. The Balaban J connectivity index is 0. The first-order valence-corrected chi connectivity index (χ1v) is 4.56. The van der Waals surface area contributed by atoms with Crippen molar-refractivity contribution < 1.29 is 9.28 Å². The van der Waals surface area contributed by atoms with Crippen LogP contribution in [0.25, 0.3) is 0 Å². The van der Waals surface area contributed by atoms with Crippen molar-refractivity contribution in [1.82, 2.24) is 0 Å². The van der Waals surface area contributed by atoms with Crippen molar-refractivity contribution in [1.29, 1.82) is 0 Å². The van der Waals surface area contributed by atoms with Crippen molar-refractivity contribution in [2.24, 2.45) is 5.73 Å². The predicted octanol–water partition coefficient (Wildman–Crippen LogP) is 0.979. The fourth-order valence-corrected chi connectivity index (χ4v) is 0.761. The summed E-state index contributed by atoms with van der Waals surface area (Å²) in [6, 6.07) is 0. The summed E-state index contributed by atoms with van der Waals surface area (Å²) in [5.74, 6) is 0.318. The number of carbonyl (C=O) groups is 1. The first-order valence-electron chi connectivity index (χ1n) is 4.02. The van der Waals surface area contributed by atoms with Crippen molar-refractivity contribution in [3.63, 3.8) is 0 Å². The summed E-state index contributed by atoms with van der Waals surface area (Å²) in [6.45, 7) is 5.90. The Morgan fingerprint density at radius 2 is 1.77 bits per heavy atom. The second-order valence-electron chi connectivity index (χ2n) is 3.85. The summed E-state index contributed by atoms with van der Waals surface area (Å²) in [5, 5.41) is 0. The van der Waals surface area contributed by atoms with Crippen LogP contribution in [0.4, 0.5) is 0 Å². The third-order valence-electron chi connectivity index (χ3n) is 1.18. The Labute approximate surface area is 85.7 Å². The van der Waals surface area contributed by atoms with Gasteiger partial charge in [-0.2, -0.15) is 0 Å². The normalized spacial score (nSPS) is 9.92. The first kappa shape index (κ1) is 15.0. The van der Waals surface area contributed by atoms with Crippen LogP contribution in [-0.2, 0) is 4.79 Å². The van der Waals surface area contributed by atoms with Gasteiger partial charge >= 0.3 is 0 Å². The first-order chi connectivity index (χ1) is 5.70. The number of hydrogen-bond donors (Lipinski definition) is 1. The van der Waals surface area contributed by atoms with Crippen LogP contribution in [0.5, 0.6) is 0 Å². The lowest BCUT2D eigenvalue weighted by Crippen LogP contribution is -2.35. The molecule has 0 aromatic heterocycles. The van der Waals surface area contributed by atoms with E-state index >= 15 is 0 Å². The average Bonchev–Trinajstić information content (AvgIpc) is 1.85. The summed E-state index contributed by atoms with van der Waals surface area (Å²) in [4.78, 5) is 9.82. The molecule has 0 aromatic carbocycles. The minimum absolute atomic E-state index is 0.398. The van der Waals surface area contributed by atoms with Gasteiger partial charge in [-0.05, 0) is 6.92 Å². The van der Waals surface area contributed by atoms with Crippen molar-refractivity contribution in [3.8, 4) is 0 Å². The van der Waals surface area contributed by atoms with E-state index in [1.807, 2.05) is 0 Å². The lowest BCUT2D eigenvalue weighted by Gasteiger charge is -2.21. The minimum atomic E-state index is -0.435. The molecule has 0 radical (unpaired) electrons. The van der Waals surface area contributed by atoms with Crippen LogP contribution in [0.1, 0.15) is 6.92 Å². The van der Waals surface area contributed by atoms with Crippen molar-refractivity contribution in [2.45, 2.75) is 6.92 Å². The molecular weight excluding hydrogens is 188 g/mol. The van der Waals surface area contributed by atoms with Gasteiger partial charge in [0, 0.05) is 5.57 Å². The maximum Gasteiger partial charge on any atom is 0.243 e. The van der Waals surface area contributed by atoms with E-state index in [-0.39, 0.29) is 0 Å². The molecule has 0 rings (SSSR count). The van der Waals surface area contributed by atoms with Crippen LogP contribution in [0.2, 0.25) is 0 Å². The number of rotatable bonds is 3. The summed E-state index contributed by atoms with van der Waals surface area (Å²) in [6.07, 6.45) is 0. The molecule has 0 saturated heterocycles. The van der Waals surface area contributed by atoms with Crippen molar-refractivity contribution in [2.75, 3.05) is 33.6 Å². The van der Waals surface area contributed by atoms with Crippen LogP contribution in [0.15, 0.2) is 12.2 Å². The van der Waals surface area contributed by atoms with Crippen molar-refractivity contribution >= 4 is 17.5 Å². The fraction of sp³-hybridized carbons (Fsp3) is 0.667. The van der Waals surface area contributed by atoms with Gasteiger partial charge in [-0.3, -0.25) is 4.79 Å². The maximum atomic E-state index is 9.82. The molecule has 0 aliphatic heterocycles. The predicted molar refractivity (Wildman–Crippen MR) is 57.6 cm³/mol. The van der Waals surface area contributed by atoms with E-state index in [9.17, 15) is 4.79 Å². The van der Waals surface area contributed by atoms with E-state index in [0.29, 0.717) is 5.57 Å². The van der Waals surface area contributed by atoms with Crippen LogP contribution < -0.4 is 5.73 Å². The Kier molecular flexibility index (Phi) is 7.96. The van der Waals surface area contributed by atoms with Crippen LogP contribution in [-0.4, -0.2) is 44.0 Å². The molecule has 4 heteroatoms. The SMILES string of the molecule is C=C(C)C(N)=O.C[N+](C)(C)CCCl. The van der Waals surface area contributed by atoms with E-state index in [1.165, 1.54) is 0 Å².